The Bertz CT molecular complexity index is 841. The zero-order chi connectivity index (χ0) is 18.1. The Morgan fingerprint density at radius 1 is 1.08 bits per heavy atom. The summed E-state index contributed by atoms with van der Waals surface area (Å²) >= 11 is 0. The van der Waals surface area contributed by atoms with Gasteiger partial charge in [0.1, 0.15) is 5.82 Å². The molecule has 3 rings (SSSR count). The summed E-state index contributed by atoms with van der Waals surface area (Å²) in [6.07, 6.45) is 0. The monoisotopic (exact) mass is 339 g/mol. The summed E-state index contributed by atoms with van der Waals surface area (Å²) in [4.78, 5) is 26.7. The first kappa shape index (κ1) is 16.9. The summed E-state index contributed by atoms with van der Waals surface area (Å²) in [6, 6.07) is 13.7. The van der Waals surface area contributed by atoms with Crippen LogP contribution in [0.1, 0.15) is 25.5 Å². The second-order valence-corrected chi connectivity index (χ2v) is 6.25. The lowest BCUT2D eigenvalue weighted by atomic mass is 9.91. The lowest BCUT2D eigenvalue weighted by Crippen LogP contribution is -2.31. The van der Waals surface area contributed by atoms with E-state index in [1.165, 1.54) is 29.2 Å². The van der Waals surface area contributed by atoms with Crippen LogP contribution in [0.25, 0.3) is 0 Å². The quantitative estimate of drug-likeness (QED) is 0.917. The van der Waals surface area contributed by atoms with Crippen molar-refractivity contribution in [1.82, 2.24) is 0 Å². The molecule has 128 valence electrons. The fraction of sp³-hybridized carbons (Fsp3) is 0.200. The van der Waals surface area contributed by atoms with Gasteiger partial charge < -0.3 is 5.11 Å². The van der Waals surface area contributed by atoms with Crippen LogP contribution < -0.4 is 4.90 Å². The standard InChI is InChI=1S/C20H18FNO3/c1-12(2)18(23)16-17(13-6-4-3-5-7-13)22(20(25)19(16)24)15-10-8-14(21)9-11-15/h3-12,17,24H,1-2H3. The first-order valence-corrected chi connectivity index (χ1v) is 8.03. The maximum Gasteiger partial charge on any atom is 0.294 e. The Kier molecular flexibility index (Phi) is 4.40. The highest BCUT2D eigenvalue weighted by Crippen LogP contribution is 2.41. The number of carbonyl (C=O) groups excluding carboxylic acids is 2. The molecule has 0 fully saturated rings. The molecule has 0 bridgehead atoms. The molecule has 0 saturated carbocycles. The van der Waals surface area contributed by atoms with E-state index in [1.807, 2.05) is 6.07 Å². The molecule has 4 nitrogen and oxygen atoms in total. The summed E-state index contributed by atoms with van der Waals surface area (Å²) < 4.78 is 13.3. The molecule has 1 atom stereocenters. The SMILES string of the molecule is CC(C)C(=O)C1=C(O)C(=O)N(c2ccc(F)cc2)C1c1ccccc1. The average Bonchev–Trinajstić information content (AvgIpc) is 2.87. The number of aliphatic hydroxyl groups excluding tert-OH is 1. The predicted octanol–water partition coefficient (Wildman–Crippen LogP) is 3.95. The van der Waals surface area contributed by atoms with Crippen molar-refractivity contribution in [3.05, 3.63) is 77.3 Å². The zero-order valence-corrected chi connectivity index (χ0v) is 13.9. The van der Waals surface area contributed by atoms with Crippen LogP contribution in [0.5, 0.6) is 0 Å². The van der Waals surface area contributed by atoms with Gasteiger partial charge in [-0.1, -0.05) is 44.2 Å². The minimum Gasteiger partial charge on any atom is -0.503 e. The van der Waals surface area contributed by atoms with Crippen LogP contribution in [0.3, 0.4) is 0 Å². The van der Waals surface area contributed by atoms with Gasteiger partial charge in [-0.2, -0.15) is 0 Å². The van der Waals surface area contributed by atoms with Gasteiger partial charge in [0.2, 0.25) is 0 Å². The summed E-state index contributed by atoms with van der Waals surface area (Å²) in [5, 5.41) is 10.4. The van der Waals surface area contributed by atoms with E-state index in [0.717, 1.165) is 0 Å². The number of benzene rings is 2. The Hall–Kier alpha value is -2.95. The van der Waals surface area contributed by atoms with Gasteiger partial charge in [-0.05, 0) is 29.8 Å². The minimum absolute atomic E-state index is 0.0792. The van der Waals surface area contributed by atoms with E-state index in [1.54, 1.807) is 38.1 Å². The molecule has 2 aromatic rings. The highest BCUT2D eigenvalue weighted by molar-refractivity contribution is 6.16. The molecule has 5 heteroatoms. The highest BCUT2D eigenvalue weighted by Gasteiger charge is 2.44. The van der Waals surface area contributed by atoms with E-state index in [9.17, 15) is 19.1 Å². The molecule has 1 N–H and O–H groups in total. The molecule has 1 heterocycles. The van der Waals surface area contributed by atoms with Crippen LogP contribution in [0.2, 0.25) is 0 Å². The highest BCUT2D eigenvalue weighted by atomic mass is 19.1. The topological polar surface area (TPSA) is 57.6 Å². The molecule has 0 radical (unpaired) electrons. The van der Waals surface area contributed by atoms with Crippen molar-refractivity contribution in [3.8, 4) is 0 Å². The summed E-state index contributed by atoms with van der Waals surface area (Å²) in [6.45, 7) is 3.44. The number of halogens is 1. The van der Waals surface area contributed by atoms with Crippen LogP contribution >= 0.6 is 0 Å². The number of rotatable bonds is 4. The molecule has 1 aliphatic rings. The Balaban J connectivity index is 2.17. The van der Waals surface area contributed by atoms with E-state index in [4.69, 9.17) is 0 Å². The van der Waals surface area contributed by atoms with Crippen molar-refractivity contribution >= 4 is 17.4 Å². The number of hydrogen-bond acceptors (Lipinski definition) is 3. The van der Waals surface area contributed by atoms with E-state index in [2.05, 4.69) is 0 Å². The van der Waals surface area contributed by atoms with Gasteiger partial charge in [0.05, 0.1) is 11.6 Å². The number of ketones is 1. The predicted molar refractivity (Wildman–Crippen MR) is 92.6 cm³/mol. The van der Waals surface area contributed by atoms with Crippen molar-refractivity contribution < 1.29 is 19.1 Å². The number of amides is 1. The number of aliphatic hydroxyl groups is 1. The normalized spacial score (nSPS) is 17.5. The molecule has 0 saturated heterocycles. The molecule has 1 aliphatic heterocycles. The Morgan fingerprint density at radius 3 is 2.24 bits per heavy atom. The van der Waals surface area contributed by atoms with Crippen LogP contribution in [-0.4, -0.2) is 16.8 Å². The van der Waals surface area contributed by atoms with Gasteiger partial charge in [0.15, 0.2) is 11.5 Å². The maximum atomic E-state index is 13.3. The Morgan fingerprint density at radius 2 is 1.68 bits per heavy atom. The van der Waals surface area contributed by atoms with E-state index < -0.39 is 23.5 Å². The molecular weight excluding hydrogens is 321 g/mol. The van der Waals surface area contributed by atoms with Crippen LogP contribution in [0, 0.1) is 11.7 Å². The molecule has 0 spiro atoms. The minimum atomic E-state index is -0.742. The first-order valence-electron chi connectivity index (χ1n) is 8.03. The van der Waals surface area contributed by atoms with Crippen molar-refractivity contribution in [2.45, 2.75) is 19.9 Å². The fourth-order valence-electron chi connectivity index (χ4n) is 2.99. The molecular formula is C20H18FNO3. The van der Waals surface area contributed by atoms with E-state index in [0.29, 0.717) is 11.3 Å². The number of nitrogens with zero attached hydrogens (tertiary/aromatic N) is 1. The molecule has 0 aromatic heterocycles. The first-order chi connectivity index (χ1) is 11.9. The molecule has 1 amide bonds. The summed E-state index contributed by atoms with van der Waals surface area (Å²) in [5.74, 6) is -2.29. The largest absolute Gasteiger partial charge is 0.503 e. The third-order valence-corrected chi connectivity index (χ3v) is 4.22. The van der Waals surface area contributed by atoms with Gasteiger partial charge in [-0.15, -0.1) is 0 Å². The van der Waals surface area contributed by atoms with Crippen LogP contribution in [0.4, 0.5) is 10.1 Å². The lowest BCUT2D eigenvalue weighted by molar-refractivity contribution is -0.119. The van der Waals surface area contributed by atoms with Crippen molar-refractivity contribution in [2.75, 3.05) is 4.90 Å². The van der Waals surface area contributed by atoms with Gasteiger partial charge >= 0.3 is 0 Å². The van der Waals surface area contributed by atoms with Gasteiger partial charge in [0.25, 0.3) is 5.91 Å². The van der Waals surface area contributed by atoms with E-state index >= 15 is 0 Å². The number of Topliss-reactive ketones (excluding diaryl/α,β-unsaturated/α-hetero) is 1. The lowest BCUT2D eigenvalue weighted by Gasteiger charge is -2.27. The number of carbonyl (C=O) groups is 2. The van der Waals surface area contributed by atoms with Gasteiger partial charge in [-0.25, -0.2) is 4.39 Å². The van der Waals surface area contributed by atoms with Crippen molar-refractivity contribution in [3.63, 3.8) is 0 Å². The molecule has 0 aliphatic carbocycles. The van der Waals surface area contributed by atoms with E-state index in [-0.39, 0.29) is 17.3 Å². The summed E-state index contributed by atoms with van der Waals surface area (Å²) in [5.41, 5.74) is 1.20. The number of anilines is 1. The second-order valence-electron chi connectivity index (χ2n) is 6.25. The maximum absolute atomic E-state index is 13.3. The average molecular weight is 339 g/mol. The van der Waals surface area contributed by atoms with Crippen molar-refractivity contribution in [2.24, 2.45) is 5.92 Å². The fourth-order valence-corrected chi connectivity index (χ4v) is 2.99. The number of hydrogen-bond donors (Lipinski definition) is 1. The molecule has 1 unspecified atom stereocenters. The third-order valence-electron chi connectivity index (χ3n) is 4.22. The Labute approximate surface area is 145 Å². The molecule has 25 heavy (non-hydrogen) atoms. The van der Waals surface area contributed by atoms with Crippen LogP contribution in [-0.2, 0) is 9.59 Å². The van der Waals surface area contributed by atoms with Crippen molar-refractivity contribution in [1.29, 1.82) is 0 Å². The van der Waals surface area contributed by atoms with Crippen LogP contribution in [0.15, 0.2) is 65.9 Å². The third kappa shape index (κ3) is 2.93. The zero-order valence-electron chi connectivity index (χ0n) is 13.9. The summed E-state index contributed by atoms with van der Waals surface area (Å²) in [7, 11) is 0. The second kappa shape index (κ2) is 6.51. The smallest absolute Gasteiger partial charge is 0.294 e. The van der Waals surface area contributed by atoms with Gasteiger partial charge in [-0.3, -0.25) is 14.5 Å². The van der Waals surface area contributed by atoms with Gasteiger partial charge in [0, 0.05) is 11.6 Å². The molecule has 2 aromatic carbocycles.